The molecule has 2 aromatic rings. The fourth-order valence-corrected chi connectivity index (χ4v) is 1.99. The Labute approximate surface area is 135 Å². The van der Waals surface area contributed by atoms with Gasteiger partial charge in [0.05, 0.1) is 18.2 Å². The number of benzene rings is 2. The van der Waals surface area contributed by atoms with Gasteiger partial charge in [0.25, 0.3) is 0 Å². The summed E-state index contributed by atoms with van der Waals surface area (Å²) in [5.74, 6) is -0.437. The number of carbonyl (C=O) groups excluding carboxylic acids is 1. The fourth-order valence-electron chi connectivity index (χ4n) is 1.87. The Morgan fingerprint density at radius 1 is 1.13 bits per heavy atom. The lowest BCUT2D eigenvalue weighted by atomic mass is 10.1. The van der Waals surface area contributed by atoms with Crippen molar-refractivity contribution in [3.8, 4) is 0 Å². The second-order valence-corrected chi connectivity index (χ2v) is 5.12. The molecule has 2 aromatic carbocycles. The molecule has 7 heteroatoms. The molecule has 0 radical (unpaired) electrons. The molecular formula is C16H12ClF3N2O. The van der Waals surface area contributed by atoms with Gasteiger partial charge in [-0.2, -0.15) is 18.3 Å². The van der Waals surface area contributed by atoms with Crippen LogP contribution >= 0.6 is 11.6 Å². The van der Waals surface area contributed by atoms with E-state index in [-0.39, 0.29) is 12.0 Å². The zero-order valence-electron chi connectivity index (χ0n) is 11.8. The van der Waals surface area contributed by atoms with Crippen molar-refractivity contribution in [1.82, 2.24) is 5.43 Å². The Hall–Kier alpha value is -2.34. The largest absolute Gasteiger partial charge is 0.417 e. The first-order chi connectivity index (χ1) is 10.9. The van der Waals surface area contributed by atoms with E-state index in [2.05, 4.69) is 10.5 Å². The van der Waals surface area contributed by atoms with E-state index in [9.17, 15) is 18.0 Å². The minimum Gasteiger partial charge on any atom is -0.273 e. The van der Waals surface area contributed by atoms with Gasteiger partial charge in [0.1, 0.15) is 0 Å². The summed E-state index contributed by atoms with van der Waals surface area (Å²) in [4.78, 5) is 11.7. The molecule has 0 aromatic heterocycles. The topological polar surface area (TPSA) is 41.5 Å². The van der Waals surface area contributed by atoms with E-state index in [1.807, 2.05) is 0 Å². The van der Waals surface area contributed by atoms with Crippen LogP contribution in [0.4, 0.5) is 13.2 Å². The zero-order chi connectivity index (χ0) is 16.9. The van der Waals surface area contributed by atoms with Crippen molar-refractivity contribution < 1.29 is 18.0 Å². The van der Waals surface area contributed by atoms with Crippen LogP contribution < -0.4 is 5.43 Å². The number of carbonyl (C=O) groups is 1. The van der Waals surface area contributed by atoms with Crippen molar-refractivity contribution >= 4 is 23.7 Å². The number of hydrogen-bond acceptors (Lipinski definition) is 2. The van der Waals surface area contributed by atoms with E-state index in [4.69, 9.17) is 11.6 Å². The molecule has 0 fully saturated rings. The molecule has 2 rings (SSSR count). The quantitative estimate of drug-likeness (QED) is 0.662. The lowest BCUT2D eigenvalue weighted by Gasteiger charge is -2.09. The first kappa shape index (κ1) is 17.0. The molecule has 0 heterocycles. The first-order valence-electron chi connectivity index (χ1n) is 6.59. The second-order valence-electron chi connectivity index (χ2n) is 4.68. The lowest BCUT2D eigenvalue weighted by Crippen LogP contribution is -2.20. The summed E-state index contributed by atoms with van der Waals surface area (Å²) in [5.41, 5.74) is 2.00. The van der Waals surface area contributed by atoms with E-state index >= 15 is 0 Å². The third kappa shape index (κ3) is 5.10. The van der Waals surface area contributed by atoms with E-state index in [1.165, 1.54) is 18.2 Å². The Bertz CT molecular complexity index is 712. The van der Waals surface area contributed by atoms with Gasteiger partial charge in [0.15, 0.2) is 0 Å². The van der Waals surface area contributed by atoms with Crippen LogP contribution in [0, 0.1) is 0 Å². The average molecular weight is 341 g/mol. The Kier molecular flexibility index (Phi) is 5.39. The summed E-state index contributed by atoms with van der Waals surface area (Å²) in [6.07, 6.45) is -3.45. The summed E-state index contributed by atoms with van der Waals surface area (Å²) >= 11 is 5.74. The van der Waals surface area contributed by atoms with E-state index < -0.39 is 17.6 Å². The highest BCUT2D eigenvalue weighted by molar-refractivity contribution is 6.30. The van der Waals surface area contributed by atoms with E-state index in [1.54, 1.807) is 24.3 Å². The Balaban J connectivity index is 1.99. The van der Waals surface area contributed by atoms with Crippen LogP contribution in [0.2, 0.25) is 5.02 Å². The van der Waals surface area contributed by atoms with Gasteiger partial charge in [-0.25, -0.2) is 5.43 Å². The van der Waals surface area contributed by atoms with Gasteiger partial charge in [-0.05, 0) is 23.8 Å². The molecular weight excluding hydrogens is 329 g/mol. The smallest absolute Gasteiger partial charge is 0.273 e. The molecule has 1 amide bonds. The van der Waals surface area contributed by atoms with Crippen molar-refractivity contribution in [2.75, 3.05) is 0 Å². The van der Waals surface area contributed by atoms with E-state index in [0.29, 0.717) is 5.02 Å². The molecule has 23 heavy (non-hydrogen) atoms. The molecule has 0 bridgehead atoms. The maximum atomic E-state index is 12.8. The number of nitrogens with one attached hydrogen (secondary N) is 1. The third-order valence-corrected chi connectivity index (χ3v) is 3.19. The van der Waals surface area contributed by atoms with Crippen molar-refractivity contribution in [1.29, 1.82) is 0 Å². The van der Waals surface area contributed by atoms with Crippen molar-refractivity contribution in [2.45, 2.75) is 12.6 Å². The summed E-state index contributed by atoms with van der Waals surface area (Å²) in [7, 11) is 0. The molecule has 120 valence electrons. The Morgan fingerprint density at radius 2 is 1.78 bits per heavy atom. The van der Waals surface area contributed by atoms with Gasteiger partial charge in [-0.15, -0.1) is 0 Å². The van der Waals surface area contributed by atoms with Gasteiger partial charge in [-0.3, -0.25) is 4.79 Å². The molecule has 0 atom stereocenters. The molecule has 0 aliphatic rings. The van der Waals surface area contributed by atoms with Gasteiger partial charge in [0, 0.05) is 10.6 Å². The zero-order valence-corrected chi connectivity index (χ0v) is 12.5. The molecule has 0 saturated heterocycles. The summed E-state index contributed by atoms with van der Waals surface area (Å²) < 4.78 is 38.4. The minimum absolute atomic E-state index is 0.0510. The van der Waals surface area contributed by atoms with Crippen LogP contribution in [0.3, 0.4) is 0 Å². The SMILES string of the molecule is O=C(Cc1ccc(Cl)cc1)N/N=C\c1ccccc1C(F)(F)F. The maximum Gasteiger partial charge on any atom is 0.417 e. The number of alkyl halides is 3. The van der Waals surface area contributed by atoms with Crippen LogP contribution in [0.5, 0.6) is 0 Å². The van der Waals surface area contributed by atoms with Gasteiger partial charge >= 0.3 is 6.18 Å². The number of nitrogens with zero attached hydrogens (tertiary/aromatic N) is 1. The first-order valence-corrected chi connectivity index (χ1v) is 6.96. The van der Waals surface area contributed by atoms with E-state index in [0.717, 1.165) is 17.8 Å². The minimum atomic E-state index is -4.48. The average Bonchev–Trinajstić information content (AvgIpc) is 2.49. The summed E-state index contributed by atoms with van der Waals surface area (Å²) in [5, 5.41) is 4.13. The third-order valence-electron chi connectivity index (χ3n) is 2.94. The molecule has 3 nitrogen and oxygen atoms in total. The lowest BCUT2D eigenvalue weighted by molar-refractivity contribution is -0.137. The highest BCUT2D eigenvalue weighted by atomic mass is 35.5. The molecule has 0 saturated carbocycles. The molecule has 0 aliphatic heterocycles. The number of halogens is 4. The van der Waals surface area contributed by atoms with Crippen molar-refractivity contribution in [3.63, 3.8) is 0 Å². The normalized spacial score (nSPS) is 11.7. The number of rotatable bonds is 4. The fraction of sp³-hybridized carbons (Fsp3) is 0.125. The predicted molar refractivity (Wildman–Crippen MR) is 82.3 cm³/mol. The van der Waals surface area contributed by atoms with Crippen LogP contribution in [0.25, 0.3) is 0 Å². The van der Waals surface area contributed by atoms with Gasteiger partial charge in [-0.1, -0.05) is 41.9 Å². The molecule has 0 spiro atoms. The van der Waals surface area contributed by atoms with Gasteiger partial charge in [0.2, 0.25) is 5.91 Å². The molecule has 0 unspecified atom stereocenters. The highest BCUT2D eigenvalue weighted by Crippen LogP contribution is 2.30. The number of amides is 1. The Morgan fingerprint density at radius 3 is 2.43 bits per heavy atom. The van der Waals surface area contributed by atoms with Crippen LogP contribution in [-0.2, 0) is 17.4 Å². The second kappa shape index (κ2) is 7.28. The van der Waals surface area contributed by atoms with Crippen molar-refractivity contribution in [3.05, 3.63) is 70.2 Å². The van der Waals surface area contributed by atoms with Crippen LogP contribution in [-0.4, -0.2) is 12.1 Å². The standard InChI is InChI=1S/C16H12ClF3N2O/c17-13-7-5-11(6-8-13)9-15(23)22-21-10-12-3-1-2-4-14(12)16(18,19)20/h1-8,10H,9H2,(H,22,23)/b21-10-. The molecule has 0 aliphatic carbocycles. The number of hydrogen-bond donors (Lipinski definition) is 1. The monoisotopic (exact) mass is 340 g/mol. The van der Waals surface area contributed by atoms with Crippen LogP contribution in [0.15, 0.2) is 53.6 Å². The number of hydrazone groups is 1. The highest BCUT2D eigenvalue weighted by Gasteiger charge is 2.32. The summed E-state index contributed by atoms with van der Waals surface area (Å²) in [6.45, 7) is 0. The van der Waals surface area contributed by atoms with Crippen molar-refractivity contribution in [2.24, 2.45) is 5.10 Å². The van der Waals surface area contributed by atoms with Crippen LogP contribution in [0.1, 0.15) is 16.7 Å². The molecule has 1 N–H and O–H groups in total. The maximum absolute atomic E-state index is 12.8. The van der Waals surface area contributed by atoms with Gasteiger partial charge < -0.3 is 0 Å². The predicted octanol–water partition coefficient (Wildman–Crippen LogP) is 4.05. The summed E-state index contributed by atoms with van der Waals surface area (Å²) in [6, 6.07) is 11.6.